The number of phenolic OH excluding ortho intramolecular Hbond substituents is 1. The third-order valence-electron chi connectivity index (χ3n) is 2.83. The van der Waals surface area contributed by atoms with E-state index >= 15 is 0 Å². The van der Waals surface area contributed by atoms with Crippen molar-refractivity contribution in [2.24, 2.45) is 0 Å². The van der Waals surface area contributed by atoms with E-state index in [-0.39, 0.29) is 11.3 Å². The van der Waals surface area contributed by atoms with Crippen molar-refractivity contribution in [3.63, 3.8) is 0 Å². The molecule has 2 N–H and O–H groups in total. The average molecular weight is 270 g/mol. The van der Waals surface area contributed by atoms with Gasteiger partial charge in [-0.25, -0.2) is 4.79 Å². The second kappa shape index (κ2) is 5.93. The van der Waals surface area contributed by atoms with Crippen LogP contribution in [0.2, 0.25) is 0 Å². The first-order chi connectivity index (χ1) is 9.61. The summed E-state index contributed by atoms with van der Waals surface area (Å²) >= 11 is 0. The van der Waals surface area contributed by atoms with Gasteiger partial charge in [-0.15, -0.1) is 0 Å². The quantitative estimate of drug-likeness (QED) is 0.662. The summed E-state index contributed by atoms with van der Waals surface area (Å²) in [6.07, 6.45) is 1.52. The summed E-state index contributed by atoms with van der Waals surface area (Å²) in [5.74, 6) is -0.456. The lowest BCUT2D eigenvalue weighted by atomic mass is 10.0. The van der Waals surface area contributed by atoms with Crippen LogP contribution in [0.1, 0.15) is 11.1 Å². The molecule has 4 heteroatoms. The van der Waals surface area contributed by atoms with Gasteiger partial charge in [0.05, 0.1) is 12.7 Å². The Kier molecular flexibility index (Phi) is 4.05. The maximum atomic E-state index is 11.4. The summed E-state index contributed by atoms with van der Waals surface area (Å²) in [6, 6.07) is 13.3. The number of hydrogen-bond acceptors (Lipinski definition) is 3. The van der Waals surface area contributed by atoms with Crippen LogP contribution in [0.25, 0.3) is 11.6 Å². The maximum absolute atomic E-state index is 11.4. The van der Waals surface area contributed by atoms with Crippen molar-refractivity contribution < 1.29 is 19.7 Å². The van der Waals surface area contributed by atoms with Crippen LogP contribution in [0.5, 0.6) is 11.5 Å². The van der Waals surface area contributed by atoms with Crippen molar-refractivity contribution in [3.8, 4) is 11.5 Å². The van der Waals surface area contributed by atoms with Crippen molar-refractivity contribution in [2.45, 2.75) is 0 Å². The van der Waals surface area contributed by atoms with Gasteiger partial charge in [0.1, 0.15) is 11.5 Å². The number of carboxylic acids is 1. The number of phenols is 1. The van der Waals surface area contributed by atoms with Crippen molar-refractivity contribution >= 4 is 17.6 Å². The number of methoxy groups -OCH3 is 1. The van der Waals surface area contributed by atoms with Crippen LogP contribution in [-0.2, 0) is 4.79 Å². The van der Waals surface area contributed by atoms with Gasteiger partial charge in [-0.3, -0.25) is 0 Å². The number of aliphatic carboxylic acids is 1. The van der Waals surface area contributed by atoms with E-state index in [2.05, 4.69) is 0 Å². The van der Waals surface area contributed by atoms with E-state index in [1.54, 1.807) is 30.3 Å². The number of rotatable bonds is 4. The molecular weight excluding hydrogens is 256 g/mol. The van der Waals surface area contributed by atoms with Crippen molar-refractivity contribution in [2.75, 3.05) is 7.11 Å². The van der Waals surface area contributed by atoms with Gasteiger partial charge < -0.3 is 14.9 Å². The van der Waals surface area contributed by atoms with Crippen LogP contribution in [0.3, 0.4) is 0 Å². The molecular formula is C16H14O4. The predicted octanol–water partition coefficient (Wildman–Crippen LogP) is 3.03. The smallest absolute Gasteiger partial charge is 0.336 e. The van der Waals surface area contributed by atoms with E-state index < -0.39 is 5.97 Å². The van der Waals surface area contributed by atoms with Gasteiger partial charge in [0, 0.05) is 5.56 Å². The Morgan fingerprint density at radius 2 is 1.90 bits per heavy atom. The number of carbonyl (C=O) groups is 1. The second-order valence-electron chi connectivity index (χ2n) is 4.16. The molecule has 0 saturated carbocycles. The molecule has 102 valence electrons. The zero-order chi connectivity index (χ0) is 14.5. The van der Waals surface area contributed by atoms with E-state index in [9.17, 15) is 15.0 Å². The van der Waals surface area contributed by atoms with Crippen molar-refractivity contribution in [1.29, 1.82) is 0 Å². The number of ether oxygens (including phenoxy) is 1. The summed E-state index contributed by atoms with van der Waals surface area (Å²) in [7, 11) is 1.53. The molecule has 0 aliphatic heterocycles. The zero-order valence-corrected chi connectivity index (χ0v) is 10.9. The lowest BCUT2D eigenvalue weighted by Crippen LogP contribution is -2.00. The molecule has 0 saturated heterocycles. The Hall–Kier alpha value is -2.75. The summed E-state index contributed by atoms with van der Waals surface area (Å²) in [5, 5.41) is 18.8. The van der Waals surface area contributed by atoms with Crippen LogP contribution in [0.15, 0.2) is 48.5 Å². The zero-order valence-electron chi connectivity index (χ0n) is 10.9. The lowest BCUT2D eigenvalue weighted by molar-refractivity contribution is -0.130. The number of hydrogen-bond donors (Lipinski definition) is 2. The first-order valence-electron chi connectivity index (χ1n) is 5.99. The molecule has 20 heavy (non-hydrogen) atoms. The third kappa shape index (κ3) is 2.98. The molecule has 0 atom stereocenters. The minimum Gasteiger partial charge on any atom is -0.508 e. The summed E-state index contributed by atoms with van der Waals surface area (Å²) < 4.78 is 5.20. The van der Waals surface area contributed by atoms with Gasteiger partial charge in [0.2, 0.25) is 0 Å². The molecule has 0 bridgehead atoms. The highest BCUT2D eigenvalue weighted by molar-refractivity contribution is 6.20. The van der Waals surface area contributed by atoms with Gasteiger partial charge in [-0.1, -0.05) is 30.3 Å². The van der Waals surface area contributed by atoms with Gasteiger partial charge >= 0.3 is 5.97 Å². The highest BCUT2D eigenvalue weighted by Crippen LogP contribution is 2.26. The molecule has 2 aromatic carbocycles. The van der Waals surface area contributed by atoms with Crippen molar-refractivity contribution in [1.82, 2.24) is 0 Å². The van der Waals surface area contributed by atoms with E-state index in [4.69, 9.17) is 4.74 Å². The molecule has 0 amide bonds. The number of para-hydroxylation sites is 1. The fourth-order valence-electron chi connectivity index (χ4n) is 1.88. The Labute approximate surface area is 116 Å². The number of carboxylic acid groups (broad SMARTS) is 1. The Balaban J connectivity index is 2.53. The fourth-order valence-corrected chi connectivity index (χ4v) is 1.88. The van der Waals surface area contributed by atoms with E-state index in [0.29, 0.717) is 16.9 Å². The Morgan fingerprint density at radius 3 is 2.55 bits per heavy atom. The first-order valence-corrected chi connectivity index (χ1v) is 5.99. The highest BCUT2D eigenvalue weighted by Gasteiger charge is 2.12. The van der Waals surface area contributed by atoms with E-state index in [0.717, 1.165) is 0 Å². The SMILES string of the molecule is COc1ccccc1/C=C(\C(=O)O)c1cccc(O)c1. The van der Waals surface area contributed by atoms with Gasteiger partial charge in [-0.05, 0) is 29.8 Å². The maximum Gasteiger partial charge on any atom is 0.336 e. The van der Waals surface area contributed by atoms with Crippen LogP contribution in [-0.4, -0.2) is 23.3 Å². The molecule has 4 nitrogen and oxygen atoms in total. The summed E-state index contributed by atoms with van der Waals surface area (Å²) in [4.78, 5) is 11.4. The monoisotopic (exact) mass is 270 g/mol. The fraction of sp³-hybridized carbons (Fsp3) is 0.0625. The van der Waals surface area contributed by atoms with Gasteiger partial charge in [-0.2, -0.15) is 0 Å². The molecule has 2 aromatic rings. The molecule has 0 aliphatic carbocycles. The highest BCUT2D eigenvalue weighted by atomic mass is 16.5. The van der Waals surface area contributed by atoms with Crippen LogP contribution >= 0.6 is 0 Å². The molecule has 0 heterocycles. The third-order valence-corrected chi connectivity index (χ3v) is 2.83. The normalized spacial score (nSPS) is 11.2. The first kappa shape index (κ1) is 13.7. The minimum atomic E-state index is -1.07. The second-order valence-corrected chi connectivity index (χ2v) is 4.16. The van der Waals surface area contributed by atoms with Crippen LogP contribution in [0.4, 0.5) is 0 Å². The number of benzene rings is 2. The number of aromatic hydroxyl groups is 1. The minimum absolute atomic E-state index is 0.0228. The largest absolute Gasteiger partial charge is 0.508 e. The summed E-state index contributed by atoms with van der Waals surface area (Å²) in [5.41, 5.74) is 1.18. The molecule has 0 spiro atoms. The van der Waals surface area contributed by atoms with Crippen LogP contribution in [0, 0.1) is 0 Å². The summed E-state index contributed by atoms with van der Waals surface area (Å²) in [6.45, 7) is 0. The topological polar surface area (TPSA) is 66.8 Å². The van der Waals surface area contributed by atoms with Gasteiger partial charge in [0.15, 0.2) is 0 Å². The lowest BCUT2D eigenvalue weighted by Gasteiger charge is -2.07. The molecule has 0 aromatic heterocycles. The van der Waals surface area contributed by atoms with E-state index in [1.807, 2.05) is 6.07 Å². The average Bonchev–Trinajstić information content (AvgIpc) is 2.44. The molecule has 0 radical (unpaired) electrons. The molecule has 2 rings (SSSR count). The molecule has 0 aliphatic rings. The Morgan fingerprint density at radius 1 is 1.15 bits per heavy atom. The van der Waals surface area contributed by atoms with Crippen molar-refractivity contribution in [3.05, 3.63) is 59.7 Å². The Bertz CT molecular complexity index is 659. The standard InChI is InChI=1S/C16H14O4/c1-20-15-8-3-2-5-12(15)10-14(16(18)19)11-6-4-7-13(17)9-11/h2-10,17H,1H3,(H,18,19)/b14-10-. The predicted molar refractivity (Wildman–Crippen MR) is 76.6 cm³/mol. The van der Waals surface area contributed by atoms with Crippen LogP contribution < -0.4 is 4.74 Å². The molecule has 0 fully saturated rings. The van der Waals surface area contributed by atoms with E-state index in [1.165, 1.54) is 25.3 Å². The van der Waals surface area contributed by atoms with Gasteiger partial charge in [0.25, 0.3) is 0 Å². The molecule has 0 unspecified atom stereocenters.